The van der Waals surface area contributed by atoms with Crippen molar-refractivity contribution in [2.45, 2.75) is 64.2 Å². The van der Waals surface area contributed by atoms with E-state index in [0.717, 1.165) is 18.4 Å². The van der Waals surface area contributed by atoms with Crippen molar-refractivity contribution in [1.82, 2.24) is 15.2 Å². The molecule has 2 aliphatic rings. The van der Waals surface area contributed by atoms with Crippen LogP contribution in [0.4, 0.5) is 30.7 Å². The summed E-state index contributed by atoms with van der Waals surface area (Å²) in [4.78, 5) is 30.1. The number of H-pyrrole nitrogens is 1. The number of benzene rings is 2. The second-order valence-electron chi connectivity index (χ2n) is 11.4. The first-order chi connectivity index (χ1) is 19.8. The van der Waals surface area contributed by atoms with E-state index in [-0.39, 0.29) is 23.1 Å². The number of aromatic nitrogens is 1. The minimum atomic E-state index is -4.97. The maximum Gasteiger partial charge on any atom is 0.416 e. The van der Waals surface area contributed by atoms with E-state index in [2.05, 4.69) is 15.2 Å². The van der Waals surface area contributed by atoms with Gasteiger partial charge in [0.1, 0.15) is 6.67 Å². The first-order valence-electron chi connectivity index (χ1n) is 13.8. The van der Waals surface area contributed by atoms with Crippen LogP contribution in [0, 0.1) is 11.3 Å². The van der Waals surface area contributed by atoms with Crippen LogP contribution < -0.4 is 10.9 Å². The van der Waals surface area contributed by atoms with Crippen molar-refractivity contribution in [2.24, 2.45) is 11.3 Å². The zero-order valence-corrected chi connectivity index (χ0v) is 22.6. The monoisotopic (exact) mass is 597 g/mol. The van der Waals surface area contributed by atoms with Crippen molar-refractivity contribution in [2.75, 3.05) is 13.1 Å². The number of amides is 1. The molecule has 1 aromatic heterocycles. The molecule has 5 nitrogen and oxygen atoms in total. The summed E-state index contributed by atoms with van der Waals surface area (Å²) in [5.41, 5.74) is -2.69. The van der Waals surface area contributed by atoms with Gasteiger partial charge in [0.05, 0.1) is 22.1 Å². The lowest BCUT2D eigenvalue weighted by Crippen LogP contribution is -2.48. The smallest absolute Gasteiger partial charge is 0.352 e. The van der Waals surface area contributed by atoms with Gasteiger partial charge in [0.2, 0.25) is 11.5 Å². The Morgan fingerprint density at radius 2 is 1.57 bits per heavy atom. The summed E-state index contributed by atoms with van der Waals surface area (Å²) < 4.78 is 93.7. The topological polar surface area (TPSA) is 65.2 Å². The molecule has 5 rings (SSSR count). The van der Waals surface area contributed by atoms with Crippen LogP contribution in [0.1, 0.15) is 59.9 Å². The third kappa shape index (κ3) is 6.63. The minimum Gasteiger partial charge on any atom is -0.352 e. The van der Waals surface area contributed by atoms with Crippen LogP contribution >= 0.6 is 0 Å². The van der Waals surface area contributed by atoms with Crippen LogP contribution in [-0.2, 0) is 36.9 Å². The molecule has 12 heteroatoms. The first-order valence-corrected chi connectivity index (χ1v) is 13.8. The number of halogens is 7. The number of piperidine rings is 1. The van der Waals surface area contributed by atoms with Crippen molar-refractivity contribution < 1.29 is 35.5 Å². The van der Waals surface area contributed by atoms with E-state index in [9.17, 15) is 40.3 Å². The molecular weight excluding hydrogens is 567 g/mol. The normalized spacial score (nSPS) is 17.9. The van der Waals surface area contributed by atoms with E-state index in [1.165, 1.54) is 6.07 Å². The maximum absolute atomic E-state index is 14.1. The average Bonchev–Trinajstić information content (AvgIpc) is 3.75. The number of fused-ring (bicyclic) bond motifs is 1. The number of rotatable bonds is 8. The fraction of sp³-hybridized carbons (Fsp3) is 0.467. The van der Waals surface area contributed by atoms with Crippen LogP contribution in [0.2, 0.25) is 0 Å². The van der Waals surface area contributed by atoms with Gasteiger partial charge in [-0.2, -0.15) is 26.3 Å². The third-order valence-corrected chi connectivity index (χ3v) is 8.40. The van der Waals surface area contributed by atoms with Gasteiger partial charge < -0.3 is 10.3 Å². The number of pyridine rings is 1. The molecule has 2 heterocycles. The van der Waals surface area contributed by atoms with Gasteiger partial charge in [-0.15, -0.1) is 0 Å². The van der Waals surface area contributed by atoms with Crippen molar-refractivity contribution in [3.05, 3.63) is 80.6 Å². The zero-order chi connectivity index (χ0) is 30.3. The minimum absolute atomic E-state index is 0.0666. The summed E-state index contributed by atoms with van der Waals surface area (Å²) in [6, 6.07) is 7.96. The summed E-state index contributed by atoms with van der Waals surface area (Å²) in [6.45, 7) is 0.170. The number of carbonyl (C=O) groups excluding carboxylic acids is 1. The second kappa shape index (κ2) is 11.3. The predicted octanol–water partition coefficient (Wildman–Crippen LogP) is 6.73. The Balaban J connectivity index is 1.30. The molecule has 0 bridgehead atoms. The van der Waals surface area contributed by atoms with Crippen LogP contribution in [0.5, 0.6) is 0 Å². The third-order valence-electron chi connectivity index (χ3n) is 8.40. The second-order valence-corrected chi connectivity index (χ2v) is 11.4. The number of hydrogen-bond acceptors (Lipinski definition) is 3. The van der Waals surface area contributed by atoms with Gasteiger partial charge in [-0.25, -0.2) is 4.39 Å². The molecular formula is C30H30F7N3O2. The van der Waals surface area contributed by atoms with E-state index >= 15 is 0 Å². The number of nitrogens with zero attached hydrogens (tertiary/aromatic N) is 1. The summed E-state index contributed by atoms with van der Waals surface area (Å²) in [5, 5.41) is 3.35. The van der Waals surface area contributed by atoms with Crippen LogP contribution in [0.15, 0.2) is 47.3 Å². The lowest BCUT2D eigenvalue weighted by atomic mass is 9.73. The SMILES string of the molecule is O=C(NCc1cc(C(F)(F)F)cc(C(F)(F)F)c1)C1(CC2CC2)CCN(Cc2ccc3ccc(=O)[nH]c3c2CF)CC1. The molecule has 1 aliphatic carbocycles. The van der Waals surface area contributed by atoms with Crippen LogP contribution in [0.25, 0.3) is 10.9 Å². The quantitative estimate of drug-likeness (QED) is 0.283. The Morgan fingerprint density at radius 1 is 0.952 bits per heavy atom. The van der Waals surface area contributed by atoms with Gasteiger partial charge in [-0.3, -0.25) is 14.5 Å². The maximum atomic E-state index is 14.1. The van der Waals surface area contributed by atoms with Crippen molar-refractivity contribution in [1.29, 1.82) is 0 Å². The van der Waals surface area contributed by atoms with Gasteiger partial charge in [0.15, 0.2) is 0 Å². The van der Waals surface area contributed by atoms with Gasteiger partial charge in [-0.05, 0) is 79.0 Å². The highest BCUT2D eigenvalue weighted by atomic mass is 19.4. The molecule has 3 aromatic rings. The van der Waals surface area contributed by atoms with E-state index < -0.39 is 42.1 Å². The molecule has 1 aliphatic heterocycles. The van der Waals surface area contributed by atoms with Crippen molar-refractivity contribution in [3.63, 3.8) is 0 Å². The molecule has 0 atom stereocenters. The largest absolute Gasteiger partial charge is 0.416 e. The molecule has 226 valence electrons. The zero-order valence-electron chi connectivity index (χ0n) is 22.6. The molecule has 42 heavy (non-hydrogen) atoms. The molecule has 1 saturated heterocycles. The molecule has 1 saturated carbocycles. The van der Waals surface area contributed by atoms with Crippen molar-refractivity contribution in [3.8, 4) is 0 Å². The fourth-order valence-corrected chi connectivity index (χ4v) is 5.90. The number of alkyl halides is 7. The summed E-state index contributed by atoms with van der Waals surface area (Å²) >= 11 is 0. The summed E-state index contributed by atoms with van der Waals surface area (Å²) in [7, 11) is 0. The lowest BCUT2D eigenvalue weighted by Gasteiger charge is -2.41. The number of hydrogen-bond donors (Lipinski definition) is 2. The summed E-state index contributed by atoms with van der Waals surface area (Å²) in [5.74, 6) is -0.0316. The highest BCUT2D eigenvalue weighted by Crippen LogP contribution is 2.46. The Morgan fingerprint density at radius 3 is 2.14 bits per heavy atom. The number of carbonyl (C=O) groups is 1. The first kappa shape index (κ1) is 30.1. The van der Waals surface area contributed by atoms with Gasteiger partial charge >= 0.3 is 12.4 Å². The van der Waals surface area contributed by atoms with Gasteiger partial charge in [0, 0.05) is 24.7 Å². The molecule has 1 amide bonds. The Labute approximate surface area is 237 Å². The van der Waals surface area contributed by atoms with E-state index in [4.69, 9.17) is 0 Å². The highest BCUT2D eigenvalue weighted by molar-refractivity contribution is 5.83. The molecule has 2 fully saturated rings. The fourth-order valence-electron chi connectivity index (χ4n) is 5.90. The number of aromatic amines is 1. The molecule has 2 aromatic carbocycles. The number of likely N-dealkylation sites (tertiary alicyclic amines) is 1. The standard InChI is InChI=1S/C30H30F7N3O2/c31-15-24-21(4-3-20-5-6-25(41)39-26(20)24)17-40-9-7-28(8-10-40,14-18-1-2-18)27(42)38-16-19-11-22(29(32,33)34)13-23(12-19)30(35,36)37/h3-6,11-13,18H,1-2,7-10,14-17H2,(H,38,42)(H,39,41). The molecule has 2 N–H and O–H groups in total. The summed E-state index contributed by atoms with van der Waals surface area (Å²) in [6.07, 6.45) is -6.52. The van der Waals surface area contributed by atoms with E-state index in [1.54, 1.807) is 6.07 Å². The van der Waals surface area contributed by atoms with Gasteiger partial charge in [-0.1, -0.05) is 25.0 Å². The van der Waals surface area contributed by atoms with Crippen molar-refractivity contribution >= 4 is 16.8 Å². The molecule has 0 unspecified atom stereocenters. The average molecular weight is 598 g/mol. The van der Waals surface area contributed by atoms with Crippen LogP contribution in [0.3, 0.4) is 0 Å². The highest BCUT2D eigenvalue weighted by Gasteiger charge is 2.45. The molecule has 0 radical (unpaired) electrons. The van der Waals surface area contributed by atoms with E-state index in [0.29, 0.717) is 73.4 Å². The van der Waals surface area contributed by atoms with Gasteiger partial charge in [0.25, 0.3) is 0 Å². The van der Waals surface area contributed by atoms with Crippen LogP contribution in [-0.4, -0.2) is 28.9 Å². The Bertz CT molecular complexity index is 1490. The Hall–Kier alpha value is -3.41. The number of nitrogens with one attached hydrogen (secondary N) is 2. The lowest BCUT2D eigenvalue weighted by molar-refractivity contribution is -0.143. The Kier molecular flexibility index (Phi) is 8.12. The predicted molar refractivity (Wildman–Crippen MR) is 142 cm³/mol. The molecule has 0 spiro atoms. The van der Waals surface area contributed by atoms with E-state index in [1.807, 2.05) is 12.1 Å².